The Kier molecular flexibility index (Phi) is 7.91. The highest BCUT2D eigenvalue weighted by Gasteiger charge is 2.33. The van der Waals surface area contributed by atoms with E-state index in [9.17, 15) is 13.2 Å². The van der Waals surface area contributed by atoms with Crippen molar-refractivity contribution in [3.63, 3.8) is 0 Å². The second-order valence-electron chi connectivity index (χ2n) is 5.80. The van der Waals surface area contributed by atoms with Crippen molar-refractivity contribution in [3.8, 4) is 11.5 Å². The zero-order valence-electron chi connectivity index (χ0n) is 15.8. The molecule has 0 aliphatic rings. The Morgan fingerprint density at radius 2 is 1.89 bits per heavy atom. The lowest BCUT2D eigenvalue weighted by atomic mass is 10.3. The normalized spacial score (nSPS) is 13.1. The lowest BCUT2D eigenvalue weighted by molar-refractivity contribution is -0.140. The molecule has 1 heterocycles. The number of hydrogen-bond donors (Lipinski definition) is 2. The summed E-state index contributed by atoms with van der Waals surface area (Å²) in [4.78, 5) is 7.86. The van der Waals surface area contributed by atoms with E-state index in [1.54, 1.807) is 7.11 Å². The van der Waals surface area contributed by atoms with Crippen molar-refractivity contribution in [2.75, 3.05) is 20.2 Å². The van der Waals surface area contributed by atoms with E-state index in [1.165, 1.54) is 0 Å². The second kappa shape index (κ2) is 10.2. The minimum Gasteiger partial charge on any atom is -0.497 e. The van der Waals surface area contributed by atoms with Crippen molar-refractivity contribution in [3.05, 3.63) is 40.3 Å². The number of ether oxygens (including phenoxy) is 2. The minimum atomic E-state index is -4.44. The van der Waals surface area contributed by atoms with Crippen LogP contribution in [0.25, 0.3) is 0 Å². The van der Waals surface area contributed by atoms with Gasteiger partial charge in [0.05, 0.1) is 20.2 Å². The van der Waals surface area contributed by atoms with E-state index in [-0.39, 0.29) is 12.6 Å². The van der Waals surface area contributed by atoms with Gasteiger partial charge in [-0.1, -0.05) is 0 Å². The van der Waals surface area contributed by atoms with Gasteiger partial charge in [0.15, 0.2) is 11.7 Å². The van der Waals surface area contributed by atoms with Crippen LogP contribution in [0.3, 0.4) is 0 Å². The molecule has 0 fully saturated rings. The van der Waals surface area contributed by atoms with Gasteiger partial charge in [0.1, 0.15) is 22.6 Å². The van der Waals surface area contributed by atoms with Gasteiger partial charge in [0.2, 0.25) is 0 Å². The fraction of sp³-hybridized carbons (Fsp3) is 0.444. The van der Waals surface area contributed by atoms with E-state index >= 15 is 0 Å². The van der Waals surface area contributed by atoms with E-state index < -0.39 is 11.9 Å². The Bertz CT molecular complexity index is 763. The van der Waals surface area contributed by atoms with Gasteiger partial charge in [0, 0.05) is 11.9 Å². The van der Waals surface area contributed by atoms with E-state index in [1.807, 2.05) is 38.1 Å². The average Bonchev–Trinajstić information content (AvgIpc) is 3.14. The highest BCUT2D eigenvalue weighted by molar-refractivity contribution is 7.09. The number of rotatable bonds is 8. The zero-order valence-corrected chi connectivity index (χ0v) is 16.7. The third-order valence-corrected chi connectivity index (χ3v) is 4.35. The van der Waals surface area contributed by atoms with Crippen LogP contribution in [-0.2, 0) is 12.7 Å². The maximum Gasteiger partial charge on any atom is 0.434 e. The van der Waals surface area contributed by atoms with Gasteiger partial charge in [0.25, 0.3) is 0 Å². The molecule has 154 valence electrons. The first-order valence-corrected chi connectivity index (χ1v) is 9.54. The third-order valence-electron chi connectivity index (χ3n) is 3.51. The first kappa shape index (κ1) is 21.8. The summed E-state index contributed by atoms with van der Waals surface area (Å²) in [7, 11) is 1.60. The maximum absolute atomic E-state index is 12.6. The van der Waals surface area contributed by atoms with Gasteiger partial charge in [-0.3, -0.25) is 0 Å². The number of aliphatic imine (C=N–C) groups is 1. The number of nitrogens with zero attached hydrogens (tertiary/aromatic N) is 2. The molecule has 6 nitrogen and oxygen atoms in total. The minimum absolute atomic E-state index is 0.0593. The molecule has 0 aliphatic heterocycles. The molecule has 2 rings (SSSR count). The van der Waals surface area contributed by atoms with Crippen LogP contribution in [-0.4, -0.2) is 37.2 Å². The number of thiazole rings is 1. The van der Waals surface area contributed by atoms with Gasteiger partial charge in [-0.15, -0.1) is 11.3 Å². The molecule has 0 saturated carbocycles. The fourth-order valence-electron chi connectivity index (χ4n) is 2.17. The van der Waals surface area contributed by atoms with Gasteiger partial charge in [-0.25, -0.2) is 9.98 Å². The Labute approximate surface area is 165 Å². The number of methoxy groups -OCH3 is 1. The summed E-state index contributed by atoms with van der Waals surface area (Å²) in [5.41, 5.74) is -0.887. The SMILES string of the molecule is CCNC(=NCc1nc(C(F)(F)F)cs1)NCC(C)Oc1ccc(OC)cc1. The molecule has 0 saturated heterocycles. The van der Waals surface area contributed by atoms with Crippen LogP contribution in [0.1, 0.15) is 24.5 Å². The summed E-state index contributed by atoms with van der Waals surface area (Å²) in [6.07, 6.45) is -4.59. The molecule has 0 spiro atoms. The monoisotopic (exact) mass is 416 g/mol. The van der Waals surface area contributed by atoms with Crippen molar-refractivity contribution in [1.29, 1.82) is 0 Å². The van der Waals surface area contributed by atoms with Crippen LogP contribution in [0.2, 0.25) is 0 Å². The molecule has 1 aromatic carbocycles. The van der Waals surface area contributed by atoms with Gasteiger partial charge in [-0.05, 0) is 38.1 Å². The number of halogens is 3. The number of guanidine groups is 1. The predicted molar refractivity (Wildman–Crippen MR) is 103 cm³/mol. The van der Waals surface area contributed by atoms with Crippen molar-refractivity contribution < 1.29 is 22.6 Å². The van der Waals surface area contributed by atoms with E-state index in [2.05, 4.69) is 20.6 Å². The molecule has 0 radical (unpaired) electrons. The van der Waals surface area contributed by atoms with Crippen LogP contribution >= 0.6 is 11.3 Å². The Morgan fingerprint density at radius 1 is 1.21 bits per heavy atom. The first-order valence-electron chi connectivity index (χ1n) is 8.66. The van der Waals surface area contributed by atoms with Crippen LogP contribution in [0.4, 0.5) is 13.2 Å². The largest absolute Gasteiger partial charge is 0.497 e. The molecule has 0 aliphatic carbocycles. The summed E-state index contributed by atoms with van der Waals surface area (Å²) in [5, 5.41) is 7.45. The number of alkyl halides is 3. The van der Waals surface area contributed by atoms with E-state index in [4.69, 9.17) is 9.47 Å². The standard InChI is InChI=1S/C18H23F3N4O2S/c1-4-22-17(24-10-16-25-15(11-28-16)18(19,20)21)23-9-12(2)27-14-7-5-13(26-3)6-8-14/h5-8,11-12H,4,9-10H2,1-3H3,(H2,22,23,24). The summed E-state index contributed by atoms with van der Waals surface area (Å²) in [5.74, 6) is 1.94. The molecule has 1 unspecified atom stereocenters. The van der Waals surface area contributed by atoms with Crippen LogP contribution < -0.4 is 20.1 Å². The highest BCUT2D eigenvalue weighted by Crippen LogP contribution is 2.30. The molecule has 1 aromatic heterocycles. The van der Waals surface area contributed by atoms with Crippen molar-refractivity contribution in [2.24, 2.45) is 4.99 Å². The molecular weight excluding hydrogens is 393 g/mol. The average molecular weight is 416 g/mol. The van der Waals surface area contributed by atoms with Crippen LogP contribution in [0.5, 0.6) is 11.5 Å². The number of aromatic nitrogens is 1. The molecule has 2 N–H and O–H groups in total. The zero-order chi connectivity index (χ0) is 20.6. The van der Waals surface area contributed by atoms with Gasteiger partial charge >= 0.3 is 6.18 Å². The molecule has 2 aromatic rings. The van der Waals surface area contributed by atoms with E-state index in [0.717, 1.165) is 22.5 Å². The summed E-state index contributed by atoms with van der Waals surface area (Å²) >= 11 is 0.937. The summed E-state index contributed by atoms with van der Waals surface area (Å²) in [6, 6.07) is 7.25. The first-order chi connectivity index (χ1) is 13.3. The third kappa shape index (κ3) is 6.91. The molecule has 28 heavy (non-hydrogen) atoms. The maximum atomic E-state index is 12.6. The van der Waals surface area contributed by atoms with Crippen LogP contribution in [0.15, 0.2) is 34.6 Å². The Morgan fingerprint density at radius 3 is 2.46 bits per heavy atom. The lowest BCUT2D eigenvalue weighted by Gasteiger charge is -2.17. The fourth-order valence-corrected chi connectivity index (χ4v) is 2.89. The quantitative estimate of drug-likeness (QED) is 0.508. The highest BCUT2D eigenvalue weighted by atomic mass is 32.1. The van der Waals surface area contributed by atoms with Crippen LogP contribution in [0, 0.1) is 0 Å². The van der Waals surface area contributed by atoms with Crippen molar-refractivity contribution in [1.82, 2.24) is 15.6 Å². The Hall–Kier alpha value is -2.49. The topological polar surface area (TPSA) is 67.8 Å². The molecule has 0 bridgehead atoms. The van der Waals surface area contributed by atoms with E-state index in [0.29, 0.717) is 29.8 Å². The number of benzene rings is 1. The van der Waals surface area contributed by atoms with Crippen molar-refractivity contribution >= 4 is 17.3 Å². The molecule has 1 atom stereocenters. The predicted octanol–water partition coefficient (Wildman–Crippen LogP) is 3.69. The lowest BCUT2D eigenvalue weighted by Crippen LogP contribution is -2.41. The number of nitrogens with one attached hydrogen (secondary N) is 2. The summed E-state index contributed by atoms with van der Waals surface area (Å²) < 4.78 is 48.8. The van der Waals surface area contributed by atoms with Gasteiger partial charge < -0.3 is 20.1 Å². The second-order valence-corrected chi connectivity index (χ2v) is 6.75. The molecular formula is C18H23F3N4O2S. The van der Waals surface area contributed by atoms with Crippen molar-refractivity contribution in [2.45, 2.75) is 32.7 Å². The summed E-state index contributed by atoms with van der Waals surface area (Å²) in [6.45, 7) is 4.94. The van der Waals surface area contributed by atoms with Gasteiger partial charge in [-0.2, -0.15) is 13.2 Å². The smallest absolute Gasteiger partial charge is 0.434 e. The molecule has 10 heteroatoms. The molecule has 0 amide bonds. The Balaban J connectivity index is 1.88. The number of hydrogen-bond acceptors (Lipinski definition) is 5.